The Hall–Kier alpha value is -0.500. The summed E-state index contributed by atoms with van der Waals surface area (Å²) in [7, 11) is 2.17. The number of thiophene rings is 1. The van der Waals surface area contributed by atoms with Crippen molar-refractivity contribution in [1.82, 2.24) is 14.9 Å². The average Bonchev–Trinajstić information content (AvgIpc) is 2.97. The topological polar surface area (TPSA) is 29.0 Å². The van der Waals surface area contributed by atoms with E-state index in [-0.39, 0.29) is 0 Å². The fourth-order valence-electron chi connectivity index (χ4n) is 3.05. The van der Waals surface area contributed by atoms with Crippen LogP contribution in [-0.2, 0) is 18.7 Å². The number of nitrogens with zero attached hydrogens (tertiary/aromatic N) is 3. The van der Waals surface area contributed by atoms with Gasteiger partial charge in [0.2, 0.25) is 0 Å². The molecule has 0 amide bonds. The summed E-state index contributed by atoms with van der Waals surface area (Å²) < 4.78 is 0. The van der Waals surface area contributed by atoms with Gasteiger partial charge in [-0.1, -0.05) is 41.0 Å². The lowest BCUT2D eigenvalue weighted by Gasteiger charge is -2.22. The lowest BCUT2D eigenvalue weighted by Crippen LogP contribution is -2.25. The summed E-state index contributed by atoms with van der Waals surface area (Å²) >= 11 is 17.5. The summed E-state index contributed by atoms with van der Waals surface area (Å²) in [5, 5.41) is 4.50. The summed E-state index contributed by atoms with van der Waals surface area (Å²) in [5.41, 5.74) is 2.50. The second-order valence-electron chi connectivity index (χ2n) is 6.21. The van der Waals surface area contributed by atoms with E-state index in [0.29, 0.717) is 10.0 Å². The Bertz CT molecular complexity index is 974. The minimum Gasteiger partial charge on any atom is -0.301 e. The molecule has 0 N–H and O–H groups in total. The highest BCUT2D eigenvalue weighted by atomic mass is 35.5. The molecule has 0 unspecified atom stereocenters. The molecule has 3 aromatic rings. The van der Waals surface area contributed by atoms with E-state index in [9.17, 15) is 0 Å². The van der Waals surface area contributed by atoms with Gasteiger partial charge in [-0.25, -0.2) is 9.97 Å². The SMILES string of the molecule is CSc1nc(SCc2ccc(Cl)cc2Cl)c2c3c(sc2n1)CN(C)CC3. The van der Waals surface area contributed by atoms with Crippen LogP contribution in [0.3, 0.4) is 0 Å². The van der Waals surface area contributed by atoms with Crippen molar-refractivity contribution in [3.05, 3.63) is 44.2 Å². The van der Waals surface area contributed by atoms with Crippen LogP contribution in [0.4, 0.5) is 0 Å². The first kappa shape index (κ1) is 18.8. The first-order chi connectivity index (χ1) is 12.5. The van der Waals surface area contributed by atoms with E-state index in [1.807, 2.05) is 29.7 Å². The lowest BCUT2D eigenvalue weighted by atomic mass is 10.1. The summed E-state index contributed by atoms with van der Waals surface area (Å²) in [6.45, 7) is 2.08. The van der Waals surface area contributed by atoms with E-state index in [4.69, 9.17) is 33.2 Å². The van der Waals surface area contributed by atoms with Gasteiger partial charge in [-0.3, -0.25) is 0 Å². The number of benzene rings is 1. The Labute approximate surface area is 175 Å². The van der Waals surface area contributed by atoms with Crippen molar-refractivity contribution in [1.29, 1.82) is 0 Å². The van der Waals surface area contributed by atoms with E-state index in [2.05, 4.69) is 11.9 Å². The Kier molecular flexibility index (Phi) is 5.69. The summed E-state index contributed by atoms with van der Waals surface area (Å²) in [5.74, 6) is 0.764. The largest absolute Gasteiger partial charge is 0.301 e. The first-order valence-electron chi connectivity index (χ1n) is 8.16. The van der Waals surface area contributed by atoms with Crippen molar-refractivity contribution in [3.63, 3.8) is 0 Å². The summed E-state index contributed by atoms with van der Waals surface area (Å²) in [6, 6.07) is 5.67. The van der Waals surface area contributed by atoms with Gasteiger partial charge in [-0.2, -0.15) is 0 Å². The Morgan fingerprint density at radius 2 is 2.12 bits per heavy atom. The summed E-state index contributed by atoms with van der Waals surface area (Å²) in [4.78, 5) is 14.5. The zero-order valence-electron chi connectivity index (χ0n) is 14.4. The van der Waals surface area contributed by atoms with Crippen LogP contribution in [0.1, 0.15) is 16.0 Å². The van der Waals surface area contributed by atoms with Crippen LogP contribution >= 0.6 is 58.1 Å². The van der Waals surface area contributed by atoms with Crippen molar-refractivity contribution in [2.75, 3.05) is 19.8 Å². The minimum atomic E-state index is 0.661. The molecule has 26 heavy (non-hydrogen) atoms. The smallest absolute Gasteiger partial charge is 0.189 e. The molecule has 0 aliphatic carbocycles. The molecular formula is C18H17Cl2N3S3. The molecule has 0 spiro atoms. The van der Waals surface area contributed by atoms with Gasteiger partial charge in [-0.05, 0) is 43.0 Å². The highest BCUT2D eigenvalue weighted by molar-refractivity contribution is 7.99. The van der Waals surface area contributed by atoms with Crippen LogP contribution in [0.5, 0.6) is 0 Å². The molecule has 0 fully saturated rings. The monoisotopic (exact) mass is 441 g/mol. The first-order valence-corrected chi connectivity index (χ1v) is 11.9. The third-order valence-corrected chi connectivity index (χ3v) is 7.67. The molecule has 1 aliphatic heterocycles. The van der Waals surface area contributed by atoms with Crippen LogP contribution in [0.2, 0.25) is 10.0 Å². The third-order valence-electron chi connectivity index (χ3n) is 4.40. The second kappa shape index (κ2) is 7.86. The third kappa shape index (κ3) is 3.73. The van der Waals surface area contributed by atoms with Gasteiger partial charge in [0, 0.05) is 39.2 Å². The number of rotatable bonds is 4. The Morgan fingerprint density at radius 3 is 2.88 bits per heavy atom. The van der Waals surface area contributed by atoms with Gasteiger partial charge in [0.25, 0.3) is 0 Å². The average molecular weight is 442 g/mol. The number of hydrogen-bond donors (Lipinski definition) is 0. The maximum absolute atomic E-state index is 6.34. The molecule has 4 rings (SSSR count). The van der Waals surface area contributed by atoms with Crippen LogP contribution < -0.4 is 0 Å². The van der Waals surface area contributed by atoms with Crippen LogP contribution in [0, 0.1) is 0 Å². The van der Waals surface area contributed by atoms with E-state index in [1.165, 1.54) is 15.8 Å². The van der Waals surface area contributed by atoms with Crippen LogP contribution in [0.25, 0.3) is 10.2 Å². The Morgan fingerprint density at radius 1 is 1.27 bits per heavy atom. The molecule has 3 heterocycles. The molecule has 0 saturated carbocycles. The molecule has 1 aromatic carbocycles. The van der Waals surface area contributed by atoms with Crippen molar-refractivity contribution in [3.8, 4) is 0 Å². The minimum absolute atomic E-state index is 0.661. The standard InChI is InChI=1S/C18H17Cl2N3S3/c1-23-6-5-12-14(8-23)26-17-15(12)16(21-18(22-17)24-2)25-9-10-3-4-11(19)7-13(10)20/h3-4,7H,5-6,8-9H2,1-2H3. The zero-order chi connectivity index (χ0) is 18.3. The van der Waals surface area contributed by atoms with Gasteiger partial charge in [0.15, 0.2) is 5.16 Å². The van der Waals surface area contributed by atoms with E-state index >= 15 is 0 Å². The second-order valence-corrected chi connectivity index (χ2v) is 9.88. The number of thioether (sulfide) groups is 2. The maximum atomic E-state index is 6.34. The number of hydrogen-bond acceptors (Lipinski definition) is 6. The fourth-order valence-corrected chi connectivity index (χ4v) is 6.51. The van der Waals surface area contributed by atoms with Crippen molar-refractivity contribution in [2.24, 2.45) is 0 Å². The zero-order valence-corrected chi connectivity index (χ0v) is 18.3. The summed E-state index contributed by atoms with van der Waals surface area (Å²) in [6.07, 6.45) is 3.08. The molecule has 2 aromatic heterocycles. The van der Waals surface area contributed by atoms with Crippen molar-refractivity contribution >= 4 is 68.3 Å². The number of likely N-dealkylation sites (N-methyl/N-ethyl adjacent to an activating group) is 1. The molecule has 1 aliphatic rings. The molecular weight excluding hydrogens is 425 g/mol. The van der Waals surface area contributed by atoms with Crippen LogP contribution in [-0.4, -0.2) is 34.7 Å². The molecule has 0 saturated heterocycles. The van der Waals surface area contributed by atoms with Gasteiger partial charge in [-0.15, -0.1) is 23.1 Å². The predicted molar refractivity (Wildman–Crippen MR) is 115 cm³/mol. The van der Waals surface area contributed by atoms with Crippen molar-refractivity contribution < 1.29 is 0 Å². The van der Waals surface area contributed by atoms with Gasteiger partial charge >= 0.3 is 0 Å². The fraction of sp³-hybridized carbons (Fsp3) is 0.333. The highest BCUT2D eigenvalue weighted by Gasteiger charge is 2.23. The molecule has 0 radical (unpaired) electrons. The van der Waals surface area contributed by atoms with E-state index in [1.54, 1.807) is 29.6 Å². The lowest BCUT2D eigenvalue weighted by molar-refractivity contribution is 0.318. The maximum Gasteiger partial charge on any atom is 0.189 e. The number of halogens is 2. The van der Waals surface area contributed by atoms with Gasteiger partial charge in [0.1, 0.15) is 9.86 Å². The molecule has 0 atom stereocenters. The van der Waals surface area contributed by atoms with Gasteiger partial charge in [0.05, 0.1) is 0 Å². The van der Waals surface area contributed by atoms with E-state index in [0.717, 1.165) is 45.8 Å². The van der Waals surface area contributed by atoms with Crippen LogP contribution in [0.15, 0.2) is 28.4 Å². The number of aromatic nitrogens is 2. The quantitative estimate of drug-likeness (QED) is 0.281. The van der Waals surface area contributed by atoms with E-state index < -0.39 is 0 Å². The van der Waals surface area contributed by atoms with Gasteiger partial charge < -0.3 is 4.90 Å². The Balaban J connectivity index is 1.73. The predicted octanol–water partition coefficient (Wildman–Crippen LogP) is 6.00. The molecule has 136 valence electrons. The molecule has 3 nitrogen and oxygen atoms in total. The molecule has 0 bridgehead atoms. The normalized spacial score (nSPS) is 14.8. The molecule has 8 heteroatoms. The van der Waals surface area contributed by atoms with Crippen molar-refractivity contribution in [2.45, 2.75) is 28.9 Å². The number of fused-ring (bicyclic) bond motifs is 3. The highest BCUT2D eigenvalue weighted by Crippen LogP contribution is 2.40.